The van der Waals surface area contributed by atoms with E-state index in [1.807, 2.05) is 12.3 Å². The number of fused-ring (bicyclic) bond motifs is 4. The molecule has 2 aromatic heterocycles. The number of aromatic nitrogens is 2. The van der Waals surface area contributed by atoms with Gasteiger partial charge in [0.2, 0.25) is 0 Å². The van der Waals surface area contributed by atoms with Crippen molar-refractivity contribution >= 4 is 48.6 Å². The highest BCUT2D eigenvalue weighted by Crippen LogP contribution is 2.31. The van der Waals surface area contributed by atoms with Crippen molar-refractivity contribution in [3.05, 3.63) is 89.0 Å². The molecule has 6 heteroatoms. The van der Waals surface area contributed by atoms with Gasteiger partial charge >= 0.3 is 0 Å². The molecule has 1 atom stereocenters. The van der Waals surface area contributed by atoms with Gasteiger partial charge in [-0.1, -0.05) is 52.3 Å². The zero-order valence-electron chi connectivity index (χ0n) is 19.6. The minimum absolute atomic E-state index is 0.423. The largest absolute Gasteiger partial charge is 0.390 e. The molecule has 5 aromatic rings. The van der Waals surface area contributed by atoms with E-state index in [1.54, 1.807) is 0 Å². The molecule has 3 aromatic carbocycles. The first-order valence-electron chi connectivity index (χ1n) is 12.3. The molecule has 1 aliphatic heterocycles. The average molecular weight is 529 g/mol. The summed E-state index contributed by atoms with van der Waals surface area (Å²) in [7, 11) is 0. The summed E-state index contributed by atoms with van der Waals surface area (Å²) in [6.07, 6.45) is 1.49. The van der Waals surface area contributed by atoms with Gasteiger partial charge in [-0.05, 0) is 42.0 Å². The Hall–Kier alpha value is -2.77. The molecule has 1 fully saturated rings. The van der Waals surface area contributed by atoms with Gasteiger partial charge in [-0.25, -0.2) is 0 Å². The van der Waals surface area contributed by atoms with E-state index in [1.165, 1.54) is 32.8 Å². The van der Waals surface area contributed by atoms with Crippen LogP contribution in [0.15, 0.2) is 83.5 Å². The Morgan fingerprint density at radius 1 is 0.771 bits per heavy atom. The molecule has 1 N–H and O–H groups in total. The van der Waals surface area contributed by atoms with Crippen LogP contribution in [0.25, 0.3) is 32.7 Å². The lowest BCUT2D eigenvalue weighted by atomic mass is 10.1. The van der Waals surface area contributed by atoms with Crippen LogP contribution in [-0.4, -0.2) is 63.3 Å². The predicted octanol–water partition coefficient (Wildman–Crippen LogP) is 5.28. The standard InChI is InChI=1S/C29H29BrN4O/c30-22-9-10-29-26(17-22)25-6-2-4-8-28(25)34(29)20-23(35)19-33-15-13-32(14-16-33)18-21-11-12-31-27-7-3-1-5-24(21)27/h1-12,17,23,35H,13-16,18-20H2. The first-order valence-corrected chi connectivity index (χ1v) is 13.1. The van der Waals surface area contributed by atoms with Crippen molar-refractivity contribution in [3.8, 4) is 0 Å². The van der Waals surface area contributed by atoms with Gasteiger partial charge in [-0.15, -0.1) is 0 Å². The predicted molar refractivity (Wildman–Crippen MR) is 147 cm³/mol. The maximum atomic E-state index is 11.1. The third-order valence-electron chi connectivity index (χ3n) is 7.19. The van der Waals surface area contributed by atoms with Gasteiger partial charge in [-0.3, -0.25) is 14.8 Å². The molecule has 5 nitrogen and oxygen atoms in total. The van der Waals surface area contributed by atoms with Gasteiger partial charge in [0, 0.05) is 77.1 Å². The van der Waals surface area contributed by atoms with Crippen LogP contribution >= 0.6 is 15.9 Å². The summed E-state index contributed by atoms with van der Waals surface area (Å²) in [6.45, 7) is 6.18. The Labute approximate surface area is 213 Å². The molecule has 0 bridgehead atoms. The van der Waals surface area contributed by atoms with Crippen LogP contribution in [0.3, 0.4) is 0 Å². The molecule has 0 aliphatic carbocycles. The van der Waals surface area contributed by atoms with Gasteiger partial charge < -0.3 is 9.67 Å². The molecule has 0 radical (unpaired) electrons. The number of aliphatic hydroxyl groups excluding tert-OH is 1. The van der Waals surface area contributed by atoms with Gasteiger partial charge in [0.05, 0.1) is 18.2 Å². The van der Waals surface area contributed by atoms with E-state index in [9.17, 15) is 5.11 Å². The lowest BCUT2D eigenvalue weighted by Crippen LogP contribution is -2.48. The highest BCUT2D eigenvalue weighted by atomic mass is 79.9. The highest BCUT2D eigenvalue weighted by Gasteiger charge is 2.21. The van der Waals surface area contributed by atoms with E-state index in [-0.39, 0.29) is 0 Å². The molecule has 1 unspecified atom stereocenters. The van der Waals surface area contributed by atoms with Crippen LogP contribution in [0.5, 0.6) is 0 Å². The maximum absolute atomic E-state index is 11.1. The van der Waals surface area contributed by atoms with Crippen molar-refractivity contribution < 1.29 is 5.11 Å². The summed E-state index contributed by atoms with van der Waals surface area (Å²) in [5.74, 6) is 0. The van der Waals surface area contributed by atoms with Gasteiger partial charge in [0.15, 0.2) is 0 Å². The molecular weight excluding hydrogens is 500 g/mol. The van der Waals surface area contributed by atoms with Crippen LogP contribution in [0.2, 0.25) is 0 Å². The summed E-state index contributed by atoms with van der Waals surface area (Å²) in [6, 6.07) is 25.4. The molecule has 0 amide bonds. The van der Waals surface area contributed by atoms with Crippen LogP contribution in [0, 0.1) is 0 Å². The van der Waals surface area contributed by atoms with E-state index < -0.39 is 6.10 Å². The van der Waals surface area contributed by atoms with E-state index in [2.05, 4.69) is 102 Å². The Balaban J connectivity index is 1.11. The zero-order chi connectivity index (χ0) is 23.8. The van der Waals surface area contributed by atoms with Crippen molar-refractivity contribution in [1.29, 1.82) is 0 Å². The number of piperazine rings is 1. The van der Waals surface area contributed by atoms with Gasteiger partial charge in [0.25, 0.3) is 0 Å². The van der Waals surface area contributed by atoms with E-state index in [4.69, 9.17) is 0 Å². The molecular formula is C29H29BrN4O. The molecule has 35 heavy (non-hydrogen) atoms. The summed E-state index contributed by atoms with van der Waals surface area (Å²) in [5.41, 5.74) is 4.74. The maximum Gasteiger partial charge on any atom is 0.0845 e. The number of aliphatic hydroxyl groups is 1. The van der Waals surface area contributed by atoms with Gasteiger partial charge in [-0.2, -0.15) is 0 Å². The van der Waals surface area contributed by atoms with Crippen LogP contribution in [0.4, 0.5) is 0 Å². The second-order valence-corrected chi connectivity index (χ2v) is 10.4. The number of para-hydroxylation sites is 2. The smallest absolute Gasteiger partial charge is 0.0845 e. The van der Waals surface area contributed by atoms with Crippen molar-refractivity contribution in [1.82, 2.24) is 19.4 Å². The Kier molecular flexibility index (Phi) is 6.29. The Bertz CT molecular complexity index is 1480. The monoisotopic (exact) mass is 528 g/mol. The summed E-state index contributed by atoms with van der Waals surface area (Å²) < 4.78 is 3.35. The zero-order valence-corrected chi connectivity index (χ0v) is 21.2. The first-order chi connectivity index (χ1) is 17.2. The third-order valence-corrected chi connectivity index (χ3v) is 7.69. The lowest BCUT2D eigenvalue weighted by Gasteiger charge is -2.35. The Morgan fingerprint density at radius 3 is 2.34 bits per heavy atom. The second kappa shape index (κ2) is 9.70. The number of pyridine rings is 1. The molecule has 0 saturated carbocycles. The number of hydrogen-bond donors (Lipinski definition) is 1. The molecule has 178 valence electrons. The molecule has 6 rings (SSSR count). The van der Waals surface area contributed by atoms with Crippen LogP contribution in [0.1, 0.15) is 5.56 Å². The number of β-amino-alcohol motifs (C(OH)–C–C–N with tert-alkyl or cyclic N) is 1. The highest BCUT2D eigenvalue weighted by molar-refractivity contribution is 9.10. The fourth-order valence-electron chi connectivity index (χ4n) is 5.45. The molecule has 1 saturated heterocycles. The van der Waals surface area contributed by atoms with Crippen LogP contribution < -0.4 is 0 Å². The quantitative estimate of drug-likeness (QED) is 0.325. The van der Waals surface area contributed by atoms with E-state index >= 15 is 0 Å². The fraction of sp³-hybridized carbons (Fsp3) is 0.276. The van der Waals surface area contributed by atoms with Crippen molar-refractivity contribution in [2.75, 3.05) is 32.7 Å². The van der Waals surface area contributed by atoms with Crippen LogP contribution in [-0.2, 0) is 13.1 Å². The minimum atomic E-state index is -0.423. The lowest BCUT2D eigenvalue weighted by molar-refractivity contribution is 0.0635. The normalized spacial score (nSPS) is 16.4. The topological polar surface area (TPSA) is 44.5 Å². The number of nitrogens with zero attached hydrogens (tertiary/aromatic N) is 4. The summed E-state index contributed by atoms with van der Waals surface area (Å²) in [4.78, 5) is 9.40. The minimum Gasteiger partial charge on any atom is -0.390 e. The van der Waals surface area contributed by atoms with E-state index in [0.29, 0.717) is 13.1 Å². The molecule has 3 heterocycles. The third kappa shape index (κ3) is 4.59. The number of halogens is 1. The van der Waals surface area contributed by atoms with Crippen molar-refractivity contribution in [2.45, 2.75) is 19.2 Å². The fourth-order valence-corrected chi connectivity index (χ4v) is 5.81. The molecule has 0 spiro atoms. The SMILES string of the molecule is OC(CN1CCN(Cc2ccnc3ccccc23)CC1)Cn1c2ccccc2c2cc(Br)ccc21. The molecule has 1 aliphatic rings. The number of hydrogen-bond acceptors (Lipinski definition) is 4. The number of rotatable bonds is 6. The van der Waals surface area contributed by atoms with Crippen molar-refractivity contribution in [3.63, 3.8) is 0 Å². The average Bonchev–Trinajstić information content (AvgIpc) is 3.18. The van der Waals surface area contributed by atoms with E-state index in [0.717, 1.165) is 42.7 Å². The van der Waals surface area contributed by atoms with Crippen molar-refractivity contribution in [2.24, 2.45) is 0 Å². The Morgan fingerprint density at radius 2 is 1.49 bits per heavy atom. The number of benzene rings is 3. The first kappa shape index (κ1) is 22.7. The summed E-state index contributed by atoms with van der Waals surface area (Å²) >= 11 is 3.61. The second-order valence-electron chi connectivity index (χ2n) is 9.51. The summed E-state index contributed by atoms with van der Waals surface area (Å²) in [5, 5.41) is 14.8. The van der Waals surface area contributed by atoms with Gasteiger partial charge in [0.1, 0.15) is 0 Å².